The lowest BCUT2D eigenvalue weighted by atomic mass is 9.86. The molecule has 0 aromatic rings. The third kappa shape index (κ3) is 3.44. The van der Waals surface area contributed by atoms with Gasteiger partial charge in [-0.15, -0.1) is 0 Å². The third-order valence-corrected chi connectivity index (χ3v) is 1.58. The van der Waals surface area contributed by atoms with Crippen molar-refractivity contribution in [3.63, 3.8) is 0 Å². The van der Waals surface area contributed by atoms with Gasteiger partial charge in [0.2, 0.25) is 0 Å². The van der Waals surface area contributed by atoms with Crippen molar-refractivity contribution < 1.29 is 0 Å². The van der Waals surface area contributed by atoms with Gasteiger partial charge in [-0.05, 0) is 5.41 Å². The number of allylic oxidation sites excluding steroid dienone is 1. The highest BCUT2D eigenvalue weighted by molar-refractivity contribution is 5.61. The average molecular weight is 139 g/mol. The van der Waals surface area contributed by atoms with Crippen LogP contribution in [0.1, 0.15) is 27.2 Å². The predicted octanol–water partition coefficient (Wildman–Crippen LogP) is 2.68. The Hall–Kier alpha value is -0.590. The third-order valence-electron chi connectivity index (χ3n) is 1.58. The molecule has 0 heterocycles. The lowest BCUT2D eigenvalue weighted by molar-refractivity contribution is 0.500. The molecule has 0 atom stereocenters. The van der Waals surface area contributed by atoms with E-state index in [1.807, 2.05) is 6.21 Å². The van der Waals surface area contributed by atoms with Crippen LogP contribution < -0.4 is 0 Å². The van der Waals surface area contributed by atoms with Gasteiger partial charge < -0.3 is 4.99 Å². The van der Waals surface area contributed by atoms with Gasteiger partial charge in [0, 0.05) is 19.7 Å². The van der Waals surface area contributed by atoms with Gasteiger partial charge in [0.1, 0.15) is 0 Å². The summed E-state index contributed by atoms with van der Waals surface area (Å²) in [6, 6.07) is 0. The number of hydrogen-bond donors (Lipinski definition) is 0. The lowest BCUT2D eigenvalue weighted by Gasteiger charge is -2.19. The molecule has 58 valence electrons. The summed E-state index contributed by atoms with van der Waals surface area (Å²) in [5, 5.41) is 0. The standard InChI is InChI=1S/C9H17N/c1-8(6-7-10-5)9(2,3)4/h7H,1,6H2,2-5H3. The zero-order chi connectivity index (χ0) is 8.20. The first-order valence-electron chi connectivity index (χ1n) is 3.57. The molecule has 0 aromatic heterocycles. The van der Waals surface area contributed by atoms with Crippen LogP contribution in [0.2, 0.25) is 0 Å². The molecule has 1 heteroatoms. The Labute approximate surface area is 63.9 Å². The zero-order valence-electron chi connectivity index (χ0n) is 7.44. The van der Waals surface area contributed by atoms with Crippen LogP contribution in [-0.4, -0.2) is 13.3 Å². The Morgan fingerprint density at radius 1 is 1.50 bits per heavy atom. The maximum atomic E-state index is 3.97. The van der Waals surface area contributed by atoms with Crippen LogP contribution in [0.3, 0.4) is 0 Å². The minimum atomic E-state index is 0.223. The number of hydrogen-bond acceptors (Lipinski definition) is 1. The monoisotopic (exact) mass is 139 g/mol. The normalized spacial score (nSPS) is 12.4. The predicted molar refractivity (Wildman–Crippen MR) is 47.6 cm³/mol. The van der Waals surface area contributed by atoms with Crippen LogP contribution in [0.25, 0.3) is 0 Å². The van der Waals surface area contributed by atoms with Crippen molar-refractivity contribution >= 4 is 6.21 Å². The van der Waals surface area contributed by atoms with Gasteiger partial charge in [-0.1, -0.05) is 32.9 Å². The van der Waals surface area contributed by atoms with Crippen molar-refractivity contribution in [1.82, 2.24) is 0 Å². The molecule has 0 rings (SSSR count). The fourth-order valence-corrected chi connectivity index (χ4v) is 0.508. The van der Waals surface area contributed by atoms with E-state index in [9.17, 15) is 0 Å². The van der Waals surface area contributed by atoms with Crippen LogP contribution in [0.15, 0.2) is 17.1 Å². The van der Waals surface area contributed by atoms with Gasteiger partial charge in [-0.3, -0.25) is 0 Å². The first-order valence-corrected chi connectivity index (χ1v) is 3.57. The highest BCUT2D eigenvalue weighted by atomic mass is 14.6. The van der Waals surface area contributed by atoms with E-state index >= 15 is 0 Å². The fraction of sp³-hybridized carbons (Fsp3) is 0.667. The van der Waals surface area contributed by atoms with E-state index < -0.39 is 0 Å². The van der Waals surface area contributed by atoms with Gasteiger partial charge in [-0.2, -0.15) is 0 Å². The first kappa shape index (κ1) is 9.41. The van der Waals surface area contributed by atoms with Crippen LogP contribution in [0.5, 0.6) is 0 Å². The molecular weight excluding hydrogens is 122 g/mol. The van der Waals surface area contributed by atoms with Crippen molar-refractivity contribution in [1.29, 1.82) is 0 Å². The Kier molecular flexibility index (Phi) is 3.34. The summed E-state index contributed by atoms with van der Waals surface area (Å²) in [5.41, 5.74) is 1.46. The van der Waals surface area contributed by atoms with Gasteiger partial charge >= 0.3 is 0 Å². The Balaban J connectivity index is 3.86. The van der Waals surface area contributed by atoms with Crippen molar-refractivity contribution in [2.45, 2.75) is 27.2 Å². The topological polar surface area (TPSA) is 12.4 Å². The molecule has 0 aliphatic heterocycles. The van der Waals surface area contributed by atoms with Crippen molar-refractivity contribution in [2.24, 2.45) is 10.4 Å². The molecule has 0 radical (unpaired) electrons. The molecule has 1 nitrogen and oxygen atoms in total. The van der Waals surface area contributed by atoms with Crippen molar-refractivity contribution in [3.05, 3.63) is 12.2 Å². The summed E-state index contributed by atoms with van der Waals surface area (Å²) >= 11 is 0. The van der Waals surface area contributed by atoms with Crippen molar-refractivity contribution in [2.75, 3.05) is 7.05 Å². The smallest absolute Gasteiger partial charge is 0.0273 e. The highest BCUT2D eigenvalue weighted by Crippen LogP contribution is 2.24. The largest absolute Gasteiger partial charge is 0.301 e. The molecule has 0 bridgehead atoms. The maximum Gasteiger partial charge on any atom is 0.0273 e. The summed E-state index contributed by atoms with van der Waals surface area (Å²) in [6.07, 6.45) is 2.80. The molecular formula is C9H17N. The van der Waals surface area contributed by atoms with E-state index in [-0.39, 0.29) is 5.41 Å². The molecule has 0 saturated heterocycles. The van der Waals surface area contributed by atoms with Gasteiger partial charge in [-0.25, -0.2) is 0 Å². The first-order chi connectivity index (χ1) is 4.48. The van der Waals surface area contributed by atoms with Crippen LogP contribution in [0, 0.1) is 5.41 Å². The van der Waals surface area contributed by atoms with Gasteiger partial charge in [0.05, 0.1) is 0 Å². The van der Waals surface area contributed by atoms with Crippen LogP contribution in [-0.2, 0) is 0 Å². The highest BCUT2D eigenvalue weighted by Gasteiger charge is 2.12. The molecule has 0 aromatic carbocycles. The minimum Gasteiger partial charge on any atom is -0.301 e. The maximum absolute atomic E-state index is 3.97. The van der Waals surface area contributed by atoms with E-state index in [1.54, 1.807) is 7.05 Å². The summed E-state index contributed by atoms with van der Waals surface area (Å²) in [5.74, 6) is 0. The minimum absolute atomic E-state index is 0.223. The Morgan fingerprint density at radius 2 is 2.00 bits per heavy atom. The number of rotatable bonds is 2. The molecule has 0 amide bonds. The average Bonchev–Trinajstić information content (AvgIpc) is 1.80. The molecule has 0 unspecified atom stereocenters. The molecule has 0 aliphatic rings. The molecule has 10 heavy (non-hydrogen) atoms. The van der Waals surface area contributed by atoms with E-state index in [4.69, 9.17) is 0 Å². The van der Waals surface area contributed by atoms with E-state index in [2.05, 4.69) is 32.3 Å². The molecule has 0 spiro atoms. The summed E-state index contributed by atoms with van der Waals surface area (Å²) in [7, 11) is 1.79. The molecule has 0 saturated carbocycles. The van der Waals surface area contributed by atoms with Crippen molar-refractivity contribution in [3.8, 4) is 0 Å². The summed E-state index contributed by atoms with van der Waals surface area (Å²) < 4.78 is 0. The van der Waals surface area contributed by atoms with Gasteiger partial charge in [0.25, 0.3) is 0 Å². The second-order valence-corrected chi connectivity index (χ2v) is 3.50. The number of nitrogens with zero attached hydrogens (tertiary/aromatic N) is 1. The van der Waals surface area contributed by atoms with E-state index in [0.717, 1.165) is 6.42 Å². The number of aliphatic imine (C=N–C) groups is 1. The zero-order valence-corrected chi connectivity index (χ0v) is 7.44. The summed E-state index contributed by atoms with van der Waals surface area (Å²) in [4.78, 5) is 3.90. The Bertz CT molecular complexity index is 137. The van der Waals surface area contributed by atoms with Crippen LogP contribution in [0.4, 0.5) is 0 Å². The summed E-state index contributed by atoms with van der Waals surface area (Å²) in [6.45, 7) is 10.5. The molecule has 0 N–H and O–H groups in total. The fourth-order valence-electron chi connectivity index (χ4n) is 0.508. The Morgan fingerprint density at radius 3 is 2.30 bits per heavy atom. The van der Waals surface area contributed by atoms with Gasteiger partial charge in [0.15, 0.2) is 0 Å². The van der Waals surface area contributed by atoms with Crippen LogP contribution >= 0.6 is 0 Å². The van der Waals surface area contributed by atoms with E-state index in [1.165, 1.54) is 5.57 Å². The second-order valence-electron chi connectivity index (χ2n) is 3.50. The second kappa shape index (κ2) is 3.55. The lowest BCUT2D eigenvalue weighted by Crippen LogP contribution is -2.08. The van der Waals surface area contributed by atoms with E-state index in [0.29, 0.717) is 0 Å². The SMILES string of the molecule is C=C(CC=NC)C(C)(C)C. The molecule has 0 aliphatic carbocycles. The quantitative estimate of drug-likeness (QED) is 0.412. The molecule has 0 fully saturated rings.